The van der Waals surface area contributed by atoms with Gasteiger partial charge in [0.05, 0.1) is 24.1 Å². The summed E-state index contributed by atoms with van der Waals surface area (Å²) in [5.74, 6) is 0.449. The van der Waals surface area contributed by atoms with Crippen LogP contribution in [0.4, 0.5) is 10.5 Å². The van der Waals surface area contributed by atoms with Crippen LogP contribution < -0.4 is 10.2 Å². The van der Waals surface area contributed by atoms with Crippen LogP contribution in [0.15, 0.2) is 58.3 Å². The van der Waals surface area contributed by atoms with Crippen molar-refractivity contribution < 1.29 is 14.0 Å². The molecule has 0 saturated heterocycles. The third-order valence-electron chi connectivity index (χ3n) is 4.53. The van der Waals surface area contributed by atoms with Crippen LogP contribution in [-0.2, 0) is 4.79 Å². The Morgan fingerprint density at radius 1 is 1.17 bits per heavy atom. The lowest BCUT2D eigenvalue weighted by atomic mass is 10.0. The van der Waals surface area contributed by atoms with Crippen LogP contribution in [0, 0.1) is 6.92 Å². The maximum Gasteiger partial charge on any atom is 0.322 e. The molecule has 2 aliphatic rings. The van der Waals surface area contributed by atoms with Gasteiger partial charge in [-0.2, -0.15) is 0 Å². The van der Waals surface area contributed by atoms with E-state index in [0.717, 1.165) is 11.3 Å². The topological polar surface area (TPSA) is 65.8 Å². The van der Waals surface area contributed by atoms with E-state index in [2.05, 4.69) is 5.32 Å². The van der Waals surface area contributed by atoms with Gasteiger partial charge < -0.3 is 14.6 Å². The zero-order chi connectivity index (χ0) is 16.8. The number of anilines is 1. The predicted molar refractivity (Wildman–Crippen MR) is 88.3 cm³/mol. The van der Waals surface area contributed by atoms with Gasteiger partial charge >= 0.3 is 6.03 Å². The molecule has 24 heavy (non-hydrogen) atoms. The predicted octanol–water partition coefficient (Wildman–Crippen LogP) is 2.59. The largest absolute Gasteiger partial charge is 0.467 e. The molecule has 0 spiro atoms. The molecule has 1 unspecified atom stereocenters. The molecular formula is C18H17N3O3. The summed E-state index contributed by atoms with van der Waals surface area (Å²) in [5, 5.41) is 2.84. The van der Waals surface area contributed by atoms with Crippen molar-refractivity contribution in [2.45, 2.75) is 13.0 Å². The number of furan rings is 1. The number of hydrogen-bond acceptors (Lipinski definition) is 3. The van der Waals surface area contributed by atoms with E-state index in [0.29, 0.717) is 23.6 Å². The summed E-state index contributed by atoms with van der Waals surface area (Å²) >= 11 is 0. The lowest BCUT2D eigenvalue weighted by Gasteiger charge is -2.29. The quantitative estimate of drug-likeness (QED) is 0.924. The molecule has 1 N–H and O–H groups in total. The Kier molecular flexibility index (Phi) is 3.19. The average Bonchev–Trinajstić information content (AvgIpc) is 3.21. The van der Waals surface area contributed by atoms with Crippen LogP contribution in [0.2, 0.25) is 0 Å². The first-order valence-corrected chi connectivity index (χ1v) is 7.75. The minimum Gasteiger partial charge on any atom is -0.467 e. The summed E-state index contributed by atoms with van der Waals surface area (Å²) in [6.45, 7) is 2.38. The minimum atomic E-state index is -0.554. The number of nitrogens with one attached hydrogen (secondary N) is 1. The van der Waals surface area contributed by atoms with E-state index in [9.17, 15) is 9.59 Å². The molecule has 6 heteroatoms. The highest BCUT2D eigenvalue weighted by molar-refractivity contribution is 6.11. The van der Waals surface area contributed by atoms with Crippen molar-refractivity contribution in [2.24, 2.45) is 0 Å². The number of benzene rings is 1. The van der Waals surface area contributed by atoms with E-state index in [1.807, 2.05) is 31.2 Å². The first-order chi connectivity index (χ1) is 11.6. The second-order valence-corrected chi connectivity index (χ2v) is 6.04. The lowest BCUT2D eigenvalue weighted by Crippen LogP contribution is -2.45. The standard InChI is InChI=1S/C18H17N3O3/c1-11-5-7-12(8-6-11)21-10-13-15(17(21)22)16(14-4-3-9-24-14)19-18(23)20(13)2/h3-9,16H,10H2,1-2H3,(H,19,23). The molecule has 3 heterocycles. The van der Waals surface area contributed by atoms with E-state index in [-0.39, 0.29) is 11.9 Å². The number of hydrogen-bond donors (Lipinski definition) is 1. The van der Waals surface area contributed by atoms with Crippen LogP contribution in [-0.4, -0.2) is 30.4 Å². The van der Waals surface area contributed by atoms with Gasteiger partial charge in [-0.25, -0.2) is 4.79 Å². The van der Waals surface area contributed by atoms with Crippen molar-refractivity contribution >= 4 is 17.6 Å². The van der Waals surface area contributed by atoms with Crippen LogP contribution >= 0.6 is 0 Å². The number of carbonyl (C=O) groups is 2. The van der Waals surface area contributed by atoms with E-state index >= 15 is 0 Å². The molecule has 1 aromatic heterocycles. The van der Waals surface area contributed by atoms with Gasteiger partial charge in [0.15, 0.2) is 0 Å². The number of nitrogens with zero attached hydrogens (tertiary/aromatic N) is 2. The normalized spacial score (nSPS) is 20.5. The number of likely N-dealkylation sites (N-methyl/N-ethyl adjacent to an activating group) is 1. The third-order valence-corrected chi connectivity index (χ3v) is 4.53. The van der Waals surface area contributed by atoms with Gasteiger partial charge in [0.1, 0.15) is 11.8 Å². The smallest absolute Gasteiger partial charge is 0.322 e. The fourth-order valence-corrected chi connectivity index (χ4v) is 3.17. The maximum absolute atomic E-state index is 13.0. The average molecular weight is 323 g/mol. The Morgan fingerprint density at radius 2 is 1.92 bits per heavy atom. The summed E-state index contributed by atoms with van der Waals surface area (Å²) in [6, 6.07) is 10.5. The van der Waals surface area contributed by atoms with Crippen molar-refractivity contribution in [3.63, 3.8) is 0 Å². The first-order valence-electron chi connectivity index (χ1n) is 7.75. The van der Waals surface area contributed by atoms with Gasteiger partial charge in [-0.1, -0.05) is 17.7 Å². The first kappa shape index (κ1) is 14.6. The molecule has 6 nitrogen and oxygen atoms in total. The molecular weight excluding hydrogens is 306 g/mol. The van der Waals surface area contributed by atoms with E-state index < -0.39 is 6.04 Å². The minimum absolute atomic E-state index is 0.109. The molecule has 4 rings (SSSR count). The summed E-state index contributed by atoms with van der Waals surface area (Å²) in [5.41, 5.74) is 3.22. The van der Waals surface area contributed by atoms with Crippen LogP contribution in [0.25, 0.3) is 0 Å². The summed E-state index contributed by atoms with van der Waals surface area (Å²) in [6.07, 6.45) is 1.54. The second-order valence-electron chi connectivity index (χ2n) is 6.04. The number of aryl methyl sites for hydroxylation is 1. The Hall–Kier alpha value is -3.02. The number of amides is 3. The van der Waals surface area contributed by atoms with Gasteiger partial charge in [0.2, 0.25) is 0 Å². The SMILES string of the molecule is Cc1ccc(N2CC3=C(C2=O)C(c2ccco2)NC(=O)N3C)cc1. The highest BCUT2D eigenvalue weighted by Gasteiger charge is 2.44. The summed E-state index contributed by atoms with van der Waals surface area (Å²) in [7, 11) is 1.68. The molecule has 0 aliphatic carbocycles. The van der Waals surface area contributed by atoms with E-state index in [4.69, 9.17) is 4.42 Å². The van der Waals surface area contributed by atoms with Crippen LogP contribution in [0.3, 0.4) is 0 Å². The molecule has 0 radical (unpaired) electrons. The highest BCUT2D eigenvalue weighted by Crippen LogP contribution is 2.37. The maximum atomic E-state index is 13.0. The molecule has 2 aromatic rings. The Bertz CT molecular complexity index is 837. The van der Waals surface area contributed by atoms with Crippen molar-refractivity contribution in [1.82, 2.24) is 10.2 Å². The van der Waals surface area contributed by atoms with Crippen molar-refractivity contribution in [3.8, 4) is 0 Å². The van der Waals surface area contributed by atoms with Gasteiger partial charge in [-0.05, 0) is 31.2 Å². The Labute approximate surface area is 139 Å². The van der Waals surface area contributed by atoms with Crippen molar-refractivity contribution in [3.05, 3.63) is 65.3 Å². The zero-order valence-electron chi connectivity index (χ0n) is 13.4. The highest BCUT2D eigenvalue weighted by atomic mass is 16.3. The van der Waals surface area contributed by atoms with Gasteiger partial charge in [0, 0.05) is 12.7 Å². The molecule has 122 valence electrons. The van der Waals surface area contributed by atoms with E-state index in [1.165, 1.54) is 11.2 Å². The molecule has 1 aromatic carbocycles. The van der Waals surface area contributed by atoms with Crippen molar-refractivity contribution in [1.29, 1.82) is 0 Å². The van der Waals surface area contributed by atoms with Gasteiger partial charge in [0.25, 0.3) is 5.91 Å². The second kappa shape index (κ2) is 5.26. The summed E-state index contributed by atoms with van der Waals surface area (Å²) in [4.78, 5) is 28.5. The molecule has 1 atom stereocenters. The molecule has 2 aliphatic heterocycles. The third kappa shape index (κ3) is 2.11. The fourth-order valence-electron chi connectivity index (χ4n) is 3.17. The van der Waals surface area contributed by atoms with E-state index in [1.54, 1.807) is 24.1 Å². The lowest BCUT2D eigenvalue weighted by molar-refractivity contribution is -0.114. The van der Waals surface area contributed by atoms with Gasteiger partial charge in [-0.15, -0.1) is 0 Å². The Morgan fingerprint density at radius 3 is 2.58 bits per heavy atom. The fraction of sp³-hybridized carbons (Fsp3) is 0.222. The molecule has 0 saturated carbocycles. The van der Waals surface area contributed by atoms with Crippen molar-refractivity contribution in [2.75, 3.05) is 18.5 Å². The monoisotopic (exact) mass is 323 g/mol. The molecule has 3 amide bonds. The van der Waals surface area contributed by atoms with Crippen LogP contribution in [0.1, 0.15) is 17.4 Å². The number of carbonyl (C=O) groups excluding carboxylic acids is 2. The number of urea groups is 1. The molecule has 0 fully saturated rings. The molecule has 0 bridgehead atoms. The summed E-state index contributed by atoms with van der Waals surface area (Å²) < 4.78 is 5.43. The number of rotatable bonds is 2. The Balaban J connectivity index is 1.75. The van der Waals surface area contributed by atoms with Crippen LogP contribution in [0.5, 0.6) is 0 Å². The van der Waals surface area contributed by atoms with Gasteiger partial charge in [-0.3, -0.25) is 9.69 Å². The zero-order valence-corrected chi connectivity index (χ0v) is 13.4.